The van der Waals surface area contributed by atoms with Gasteiger partial charge in [-0.1, -0.05) is 23.2 Å². The van der Waals surface area contributed by atoms with E-state index in [2.05, 4.69) is 0 Å². The Morgan fingerprint density at radius 3 is 2.47 bits per heavy atom. The minimum atomic E-state index is -2.93. The van der Waals surface area contributed by atoms with Gasteiger partial charge in [-0.05, 0) is 74.1 Å². The molecule has 182 valence electrons. The molecule has 1 heterocycles. The first kappa shape index (κ1) is 24.8. The predicted molar refractivity (Wildman–Crippen MR) is 131 cm³/mol. The van der Waals surface area contributed by atoms with Crippen molar-refractivity contribution in [3.63, 3.8) is 0 Å². The number of aryl methyl sites for hydroxylation is 2. The summed E-state index contributed by atoms with van der Waals surface area (Å²) < 4.78 is 36.0. The summed E-state index contributed by atoms with van der Waals surface area (Å²) in [6.07, 6.45) is 2.76. The standard InChI is InChI=1S/C26H27Cl2F2NO3/c1-14-10-16(26(2,29)30)11-22-19(14)12-17(31(22)3)13-20-21(27)8-9-23(24(20)28)34-18-6-4-15(5-7-18)25(32)33/h8-12,15,18H,4-7,13H2,1-3H3,(H,32,33). The van der Waals surface area contributed by atoms with E-state index in [1.165, 1.54) is 12.1 Å². The monoisotopic (exact) mass is 509 g/mol. The lowest BCUT2D eigenvalue weighted by Crippen LogP contribution is -2.27. The zero-order valence-corrected chi connectivity index (χ0v) is 20.8. The molecule has 1 aliphatic carbocycles. The van der Waals surface area contributed by atoms with Gasteiger partial charge in [-0.25, -0.2) is 8.78 Å². The molecule has 0 amide bonds. The molecule has 8 heteroatoms. The van der Waals surface area contributed by atoms with Crippen LogP contribution in [0, 0.1) is 12.8 Å². The molecule has 34 heavy (non-hydrogen) atoms. The number of carbonyl (C=O) groups is 1. The second kappa shape index (κ2) is 9.38. The fourth-order valence-electron chi connectivity index (χ4n) is 4.70. The Balaban J connectivity index is 1.61. The van der Waals surface area contributed by atoms with E-state index < -0.39 is 11.9 Å². The van der Waals surface area contributed by atoms with E-state index in [9.17, 15) is 18.7 Å². The van der Waals surface area contributed by atoms with Gasteiger partial charge in [-0.2, -0.15) is 0 Å². The molecule has 1 aromatic heterocycles. The van der Waals surface area contributed by atoms with Crippen LogP contribution in [-0.2, 0) is 24.2 Å². The number of carboxylic acid groups (broad SMARTS) is 1. The van der Waals surface area contributed by atoms with Gasteiger partial charge in [-0.15, -0.1) is 0 Å². The molecule has 1 fully saturated rings. The quantitative estimate of drug-likeness (QED) is 0.373. The summed E-state index contributed by atoms with van der Waals surface area (Å²) in [5.41, 5.74) is 3.07. The number of aromatic nitrogens is 1. The number of aliphatic carboxylic acids is 1. The van der Waals surface area contributed by atoms with Gasteiger partial charge in [0.25, 0.3) is 5.92 Å². The Bertz CT molecular complexity index is 1240. The van der Waals surface area contributed by atoms with E-state index in [0.717, 1.165) is 29.1 Å². The summed E-state index contributed by atoms with van der Waals surface area (Å²) in [6.45, 7) is 2.73. The average Bonchev–Trinajstić information content (AvgIpc) is 3.09. The van der Waals surface area contributed by atoms with Crippen molar-refractivity contribution in [2.75, 3.05) is 0 Å². The first-order chi connectivity index (χ1) is 16.0. The fourth-order valence-corrected chi connectivity index (χ4v) is 5.25. The van der Waals surface area contributed by atoms with Crippen LogP contribution in [-0.4, -0.2) is 21.7 Å². The van der Waals surface area contributed by atoms with E-state index in [4.69, 9.17) is 27.9 Å². The normalized spacial score (nSPS) is 18.9. The molecule has 2 aromatic carbocycles. The SMILES string of the molecule is Cc1cc(C(C)(F)F)cc2c1cc(Cc1c(Cl)ccc(OC3CCC(C(=O)O)CC3)c1Cl)n2C. The fraction of sp³-hybridized carbons (Fsp3) is 0.423. The summed E-state index contributed by atoms with van der Waals surface area (Å²) in [5.74, 6) is -3.49. The third kappa shape index (κ3) is 4.89. The molecule has 1 saturated carbocycles. The zero-order valence-electron chi connectivity index (χ0n) is 19.3. The smallest absolute Gasteiger partial charge is 0.306 e. The maximum atomic E-state index is 14.0. The lowest BCUT2D eigenvalue weighted by Gasteiger charge is -2.27. The molecule has 0 spiro atoms. The Labute approximate surface area is 207 Å². The Kier molecular flexibility index (Phi) is 6.85. The number of carboxylic acids is 1. The number of fused-ring (bicyclic) bond motifs is 1. The van der Waals surface area contributed by atoms with Gasteiger partial charge in [-0.3, -0.25) is 4.79 Å². The average molecular weight is 510 g/mol. The maximum Gasteiger partial charge on any atom is 0.306 e. The number of hydrogen-bond donors (Lipinski definition) is 1. The topological polar surface area (TPSA) is 51.5 Å². The molecule has 1 N–H and O–H groups in total. The van der Waals surface area contributed by atoms with E-state index in [-0.39, 0.29) is 17.6 Å². The lowest BCUT2D eigenvalue weighted by atomic mass is 9.87. The van der Waals surface area contributed by atoms with Crippen LogP contribution >= 0.6 is 23.2 Å². The van der Waals surface area contributed by atoms with Crippen molar-refractivity contribution in [2.24, 2.45) is 13.0 Å². The van der Waals surface area contributed by atoms with Gasteiger partial charge in [0, 0.05) is 47.6 Å². The summed E-state index contributed by atoms with van der Waals surface area (Å²) in [6, 6.07) is 8.51. The number of hydrogen-bond acceptors (Lipinski definition) is 2. The highest BCUT2D eigenvalue weighted by molar-refractivity contribution is 6.37. The molecule has 3 aromatic rings. The van der Waals surface area contributed by atoms with Gasteiger partial charge in [0.05, 0.1) is 17.0 Å². The molecule has 0 bridgehead atoms. The highest BCUT2D eigenvalue weighted by atomic mass is 35.5. The van der Waals surface area contributed by atoms with Gasteiger partial charge < -0.3 is 14.4 Å². The first-order valence-electron chi connectivity index (χ1n) is 11.3. The number of halogens is 4. The number of benzene rings is 2. The van der Waals surface area contributed by atoms with E-state index in [0.29, 0.717) is 53.5 Å². The van der Waals surface area contributed by atoms with Crippen LogP contribution in [0.1, 0.15) is 55.0 Å². The van der Waals surface area contributed by atoms with Crippen LogP contribution in [0.2, 0.25) is 10.0 Å². The molecule has 1 aliphatic rings. The number of alkyl halides is 2. The van der Waals surface area contributed by atoms with Gasteiger partial charge >= 0.3 is 5.97 Å². The van der Waals surface area contributed by atoms with Crippen molar-refractivity contribution in [3.05, 3.63) is 62.8 Å². The van der Waals surface area contributed by atoms with Crippen molar-refractivity contribution >= 4 is 40.1 Å². The molecule has 4 rings (SSSR count). The minimum absolute atomic E-state index is 0.0191. The number of rotatable bonds is 6. The van der Waals surface area contributed by atoms with Gasteiger partial charge in [0.15, 0.2) is 0 Å². The Morgan fingerprint density at radius 2 is 1.85 bits per heavy atom. The Hall–Kier alpha value is -2.31. The third-order valence-electron chi connectivity index (χ3n) is 6.80. The van der Waals surface area contributed by atoms with Gasteiger partial charge in [0.1, 0.15) is 5.75 Å². The van der Waals surface area contributed by atoms with Crippen LogP contribution in [0.15, 0.2) is 30.3 Å². The van der Waals surface area contributed by atoms with Crippen LogP contribution < -0.4 is 4.74 Å². The third-order valence-corrected chi connectivity index (χ3v) is 7.57. The second-order valence-electron chi connectivity index (χ2n) is 9.25. The van der Waals surface area contributed by atoms with Crippen LogP contribution in [0.3, 0.4) is 0 Å². The second-order valence-corrected chi connectivity index (χ2v) is 10.0. The molecule has 0 saturated heterocycles. The summed E-state index contributed by atoms with van der Waals surface area (Å²) in [4.78, 5) is 11.2. The lowest BCUT2D eigenvalue weighted by molar-refractivity contribution is -0.143. The minimum Gasteiger partial charge on any atom is -0.489 e. The van der Waals surface area contributed by atoms with Crippen LogP contribution in [0.4, 0.5) is 8.78 Å². The highest BCUT2D eigenvalue weighted by Crippen LogP contribution is 2.39. The molecule has 0 aliphatic heterocycles. The Morgan fingerprint density at radius 1 is 1.18 bits per heavy atom. The van der Waals surface area contributed by atoms with E-state index >= 15 is 0 Å². The summed E-state index contributed by atoms with van der Waals surface area (Å²) >= 11 is 13.2. The van der Waals surface area contributed by atoms with Crippen molar-refractivity contribution in [3.8, 4) is 5.75 Å². The molecule has 4 nitrogen and oxygen atoms in total. The summed E-state index contributed by atoms with van der Waals surface area (Å²) in [5, 5.41) is 11.0. The van der Waals surface area contributed by atoms with Gasteiger partial charge in [0.2, 0.25) is 0 Å². The van der Waals surface area contributed by atoms with Crippen molar-refractivity contribution in [1.29, 1.82) is 0 Å². The number of nitrogens with zero attached hydrogens (tertiary/aromatic N) is 1. The van der Waals surface area contributed by atoms with Crippen molar-refractivity contribution < 1.29 is 23.4 Å². The molecular formula is C26H27Cl2F2NO3. The predicted octanol–water partition coefficient (Wildman–Crippen LogP) is 7.52. The highest BCUT2D eigenvalue weighted by Gasteiger charge is 2.28. The zero-order chi connectivity index (χ0) is 24.8. The first-order valence-corrected chi connectivity index (χ1v) is 12.0. The largest absolute Gasteiger partial charge is 0.489 e. The number of ether oxygens (including phenoxy) is 1. The molecule has 0 atom stereocenters. The maximum absolute atomic E-state index is 14.0. The van der Waals surface area contributed by atoms with E-state index in [1.807, 2.05) is 24.6 Å². The molecule has 0 unspecified atom stereocenters. The van der Waals surface area contributed by atoms with Crippen LogP contribution in [0.25, 0.3) is 10.9 Å². The van der Waals surface area contributed by atoms with Crippen molar-refractivity contribution in [1.82, 2.24) is 4.57 Å². The van der Waals surface area contributed by atoms with Crippen molar-refractivity contribution in [2.45, 2.75) is 58.0 Å². The van der Waals surface area contributed by atoms with E-state index in [1.54, 1.807) is 12.1 Å². The molecule has 0 radical (unpaired) electrons. The molecular weight excluding hydrogens is 483 g/mol. The summed E-state index contributed by atoms with van der Waals surface area (Å²) in [7, 11) is 1.84. The van der Waals surface area contributed by atoms with Crippen LogP contribution in [0.5, 0.6) is 5.75 Å².